The van der Waals surface area contributed by atoms with Gasteiger partial charge in [-0.15, -0.1) is 24.2 Å². The Labute approximate surface area is 178 Å². The smallest absolute Gasteiger partial charge is 0.0990 e. The largest absolute Gasteiger partial charge is 0.270 e. The zero-order chi connectivity index (χ0) is 17.8. The Balaban J connectivity index is 0.00000171. The van der Waals surface area contributed by atoms with Gasteiger partial charge in [-0.05, 0) is 73.3 Å². The molecule has 2 aromatic carbocycles. The van der Waals surface area contributed by atoms with E-state index in [9.17, 15) is 0 Å². The van der Waals surface area contributed by atoms with Crippen molar-refractivity contribution in [2.75, 3.05) is 0 Å². The lowest BCUT2D eigenvalue weighted by molar-refractivity contribution is -0.0539. The van der Waals surface area contributed by atoms with E-state index < -0.39 is 0 Å². The molecule has 5 aliphatic rings. The van der Waals surface area contributed by atoms with Crippen molar-refractivity contribution in [3.8, 4) is 0 Å². The van der Waals surface area contributed by atoms with E-state index in [0.717, 1.165) is 29.4 Å². The normalized spacial score (nSPS) is 34.6. The Morgan fingerprint density at radius 1 is 0.821 bits per heavy atom. The quantitative estimate of drug-likeness (QED) is 0.548. The number of fused-ring (bicyclic) bond motifs is 1. The van der Waals surface area contributed by atoms with Crippen LogP contribution >= 0.6 is 24.2 Å². The lowest BCUT2D eigenvalue weighted by atomic mass is 9.47. The number of thioether (sulfide) groups is 1. The highest BCUT2D eigenvalue weighted by atomic mass is 35.5. The van der Waals surface area contributed by atoms with Gasteiger partial charge in [-0.25, -0.2) is 0 Å². The van der Waals surface area contributed by atoms with Gasteiger partial charge in [0.25, 0.3) is 0 Å². The zero-order valence-corrected chi connectivity index (χ0v) is 17.9. The molecule has 4 aliphatic carbocycles. The van der Waals surface area contributed by atoms with Gasteiger partial charge in [-0.3, -0.25) is 4.99 Å². The van der Waals surface area contributed by atoms with Crippen molar-refractivity contribution in [1.29, 1.82) is 0 Å². The van der Waals surface area contributed by atoms with Crippen LogP contribution in [0.3, 0.4) is 0 Å². The molecule has 1 aliphatic heterocycles. The third kappa shape index (κ3) is 2.95. The van der Waals surface area contributed by atoms with Gasteiger partial charge in [0, 0.05) is 11.3 Å². The van der Waals surface area contributed by atoms with Crippen molar-refractivity contribution in [2.24, 2.45) is 28.7 Å². The molecular formula is C25H28ClNS. The number of hydrogen-bond acceptors (Lipinski definition) is 2. The standard InChI is InChI=1S/C25H27NS.ClH/c1-2-6-17(7-3-1)16-27-24-23-9-5-4-8-20(23)15-25(26-24)21-11-18-10-19(13-21)14-22(25)12-18;/h1-9,18-19,21-22H,10-16H2;1H. The molecule has 0 radical (unpaired) electrons. The topological polar surface area (TPSA) is 12.4 Å². The van der Waals surface area contributed by atoms with E-state index in [-0.39, 0.29) is 17.9 Å². The van der Waals surface area contributed by atoms with E-state index in [2.05, 4.69) is 54.6 Å². The number of hydrogen-bond donors (Lipinski definition) is 0. The Morgan fingerprint density at radius 3 is 2.18 bits per heavy atom. The molecule has 0 saturated heterocycles. The highest BCUT2D eigenvalue weighted by molar-refractivity contribution is 8.13. The van der Waals surface area contributed by atoms with Gasteiger partial charge in [0.1, 0.15) is 0 Å². The molecule has 3 heteroatoms. The maximum Gasteiger partial charge on any atom is 0.0990 e. The average Bonchev–Trinajstić information content (AvgIpc) is 2.70. The molecular weight excluding hydrogens is 382 g/mol. The summed E-state index contributed by atoms with van der Waals surface area (Å²) in [5.41, 5.74) is 4.56. The van der Waals surface area contributed by atoms with Crippen LogP contribution in [-0.4, -0.2) is 10.6 Å². The van der Waals surface area contributed by atoms with E-state index in [1.165, 1.54) is 54.7 Å². The molecule has 0 atom stereocenters. The van der Waals surface area contributed by atoms with Crippen LogP contribution in [0, 0.1) is 23.7 Å². The van der Waals surface area contributed by atoms with Crippen LogP contribution in [0.2, 0.25) is 0 Å². The fourth-order valence-electron chi connectivity index (χ4n) is 6.78. The monoisotopic (exact) mass is 409 g/mol. The molecule has 1 heterocycles. The molecule has 4 saturated carbocycles. The first-order valence-corrected chi connectivity index (χ1v) is 11.6. The van der Waals surface area contributed by atoms with Gasteiger partial charge in [0.15, 0.2) is 0 Å². The van der Waals surface area contributed by atoms with Crippen LogP contribution in [0.25, 0.3) is 0 Å². The van der Waals surface area contributed by atoms with E-state index in [1.54, 1.807) is 5.56 Å². The van der Waals surface area contributed by atoms with E-state index in [1.807, 2.05) is 11.8 Å². The molecule has 28 heavy (non-hydrogen) atoms. The second-order valence-electron chi connectivity index (χ2n) is 9.32. The van der Waals surface area contributed by atoms with Crippen molar-refractivity contribution in [2.45, 2.75) is 49.8 Å². The van der Waals surface area contributed by atoms with E-state index in [4.69, 9.17) is 4.99 Å². The second kappa shape index (κ2) is 7.22. The van der Waals surface area contributed by atoms with Crippen molar-refractivity contribution in [1.82, 2.24) is 0 Å². The van der Waals surface area contributed by atoms with Crippen LogP contribution in [-0.2, 0) is 12.2 Å². The summed E-state index contributed by atoms with van der Waals surface area (Å²) in [5.74, 6) is 4.69. The van der Waals surface area contributed by atoms with Crippen molar-refractivity contribution in [3.05, 3.63) is 71.3 Å². The SMILES string of the molecule is Cl.c1ccc(CSC2=NC3(Cc4ccccc42)C2CC4CC(C2)CC3C4)cc1. The number of benzene rings is 2. The van der Waals surface area contributed by atoms with Crippen LogP contribution in [0.15, 0.2) is 59.6 Å². The summed E-state index contributed by atoms with van der Waals surface area (Å²) in [5, 5.41) is 1.31. The third-order valence-corrected chi connectivity index (χ3v) is 8.86. The Kier molecular flexibility index (Phi) is 4.83. The molecule has 1 spiro atoms. The maximum absolute atomic E-state index is 5.65. The minimum Gasteiger partial charge on any atom is -0.270 e. The lowest BCUT2D eigenvalue weighted by Crippen LogP contribution is -2.58. The number of halogens is 1. The summed E-state index contributed by atoms with van der Waals surface area (Å²) in [6, 6.07) is 20.0. The molecule has 0 aromatic heterocycles. The molecule has 7 rings (SSSR count). The first kappa shape index (κ1) is 18.8. The second-order valence-corrected chi connectivity index (χ2v) is 10.3. The number of rotatable bonds is 2. The molecule has 2 aromatic rings. The summed E-state index contributed by atoms with van der Waals surface area (Å²) < 4.78 is 0. The minimum atomic E-state index is 0. The van der Waals surface area contributed by atoms with Crippen LogP contribution in [0.4, 0.5) is 0 Å². The Hall–Kier alpha value is -1.25. The number of nitrogens with zero attached hydrogens (tertiary/aromatic N) is 1. The van der Waals surface area contributed by atoms with Crippen LogP contribution < -0.4 is 0 Å². The zero-order valence-electron chi connectivity index (χ0n) is 16.2. The first-order valence-electron chi connectivity index (χ1n) is 10.6. The fraction of sp³-hybridized carbons (Fsp3) is 0.480. The Morgan fingerprint density at radius 2 is 1.46 bits per heavy atom. The third-order valence-electron chi connectivity index (χ3n) is 7.80. The summed E-state index contributed by atoms with van der Waals surface area (Å²) in [6.45, 7) is 0. The molecule has 0 unspecified atom stereocenters. The average molecular weight is 410 g/mol. The van der Waals surface area contributed by atoms with Gasteiger partial charge in [-0.1, -0.05) is 54.6 Å². The first-order chi connectivity index (χ1) is 13.3. The van der Waals surface area contributed by atoms with E-state index >= 15 is 0 Å². The molecule has 146 valence electrons. The van der Waals surface area contributed by atoms with Gasteiger partial charge < -0.3 is 0 Å². The molecule has 1 nitrogen and oxygen atoms in total. The molecule has 4 fully saturated rings. The van der Waals surface area contributed by atoms with Gasteiger partial charge in [0.2, 0.25) is 0 Å². The van der Waals surface area contributed by atoms with Crippen LogP contribution in [0.1, 0.15) is 48.8 Å². The van der Waals surface area contributed by atoms with Crippen molar-refractivity contribution >= 4 is 29.2 Å². The summed E-state index contributed by atoms with van der Waals surface area (Å²) in [4.78, 5) is 5.65. The number of aliphatic imine (C=N–C) groups is 1. The van der Waals surface area contributed by atoms with E-state index in [0.29, 0.717) is 0 Å². The predicted molar refractivity (Wildman–Crippen MR) is 121 cm³/mol. The van der Waals surface area contributed by atoms with Gasteiger partial charge in [0.05, 0.1) is 10.6 Å². The molecule has 0 N–H and O–H groups in total. The molecule has 4 bridgehead atoms. The van der Waals surface area contributed by atoms with Crippen molar-refractivity contribution in [3.63, 3.8) is 0 Å². The van der Waals surface area contributed by atoms with Crippen LogP contribution in [0.5, 0.6) is 0 Å². The fourth-order valence-corrected chi connectivity index (χ4v) is 7.87. The minimum absolute atomic E-state index is 0. The van der Waals surface area contributed by atoms with Gasteiger partial charge in [-0.2, -0.15) is 0 Å². The summed E-state index contributed by atoms with van der Waals surface area (Å²) in [6.07, 6.45) is 8.46. The molecule has 0 amide bonds. The highest BCUT2D eigenvalue weighted by Gasteiger charge is 2.58. The van der Waals surface area contributed by atoms with Gasteiger partial charge >= 0.3 is 0 Å². The lowest BCUT2D eigenvalue weighted by Gasteiger charge is -2.60. The predicted octanol–water partition coefficient (Wildman–Crippen LogP) is 6.54. The van der Waals surface area contributed by atoms with Crippen molar-refractivity contribution < 1.29 is 0 Å². The highest BCUT2D eigenvalue weighted by Crippen LogP contribution is 2.61. The summed E-state index contributed by atoms with van der Waals surface area (Å²) in [7, 11) is 0. The maximum atomic E-state index is 5.65. The Bertz CT molecular complexity index is 862. The summed E-state index contributed by atoms with van der Waals surface area (Å²) >= 11 is 1.96.